The molecular formula is C17H15ClO2. The molecular weight excluding hydrogens is 272 g/mol. The highest BCUT2D eigenvalue weighted by molar-refractivity contribution is 6.30. The van der Waals surface area contributed by atoms with E-state index in [9.17, 15) is 9.90 Å². The van der Waals surface area contributed by atoms with Gasteiger partial charge in [-0.1, -0.05) is 41.9 Å². The number of carbonyl (C=O) groups excluding carboxylic acids is 1. The van der Waals surface area contributed by atoms with Gasteiger partial charge in [0.05, 0.1) is 0 Å². The lowest BCUT2D eigenvalue weighted by molar-refractivity contribution is 0.0967. The van der Waals surface area contributed by atoms with Crippen molar-refractivity contribution in [2.45, 2.75) is 25.4 Å². The quantitative estimate of drug-likeness (QED) is 0.908. The van der Waals surface area contributed by atoms with E-state index in [4.69, 9.17) is 11.6 Å². The van der Waals surface area contributed by atoms with E-state index in [1.165, 1.54) is 0 Å². The van der Waals surface area contributed by atoms with Gasteiger partial charge >= 0.3 is 0 Å². The molecule has 1 aliphatic rings. The Morgan fingerprint density at radius 1 is 1.05 bits per heavy atom. The molecule has 0 saturated carbocycles. The first kappa shape index (κ1) is 13.3. The first-order valence-electron chi connectivity index (χ1n) is 6.75. The molecule has 0 fully saturated rings. The summed E-state index contributed by atoms with van der Waals surface area (Å²) in [5.41, 5.74) is 3.21. The van der Waals surface area contributed by atoms with Crippen LogP contribution >= 0.6 is 11.6 Å². The first-order valence-corrected chi connectivity index (χ1v) is 7.13. The average Bonchev–Trinajstić information content (AvgIpc) is 2.47. The molecule has 20 heavy (non-hydrogen) atoms. The van der Waals surface area contributed by atoms with Gasteiger partial charge in [0.2, 0.25) is 0 Å². The number of hydrogen-bond acceptors (Lipinski definition) is 2. The molecule has 1 unspecified atom stereocenters. The van der Waals surface area contributed by atoms with Gasteiger partial charge < -0.3 is 5.11 Å². The van der Waals surface area contributed by atoms with Crippen LogP contribution in [0.25, 0.3) is 0 Å². The van der Waals surface area contributed by atoms with E-state index in [2.05, 4.69) is 0 Å². The van der Waals surface area contributed by atoms with Crippen molar-refractivity contribution in [3.63, 3.8) is 0 Å². The average molecular weight is 287 g/mol. The van der Waals surface area contributed by atoms with Crippen molar-refractivity contribution in [3.05, 3.63) is 69.7 Å². The molecule has 1 N–H and O–H groups in total. The van der Waals surface area contributed by atoms with Crippen LogP contribution < -0.4 is 0 Å². The Kier molecular flexibility index (Phi) is 3.60. The molecule has 2 aromatic carbocycles. The normalized spacial score (nSPS) is 15.8. The predicted molar refractivity (Wildman–Crippen MR) is 79.2 cm³/mol. The van der Waals surface area contributed by atoms with Gasteiger partial charge in [0.15, 0.2) is 5.78 Å². The molecule has 0 bridgehead atoms. The third kappa shape index (κ3) is 2.37. The molecule has 3 heteroatoms. The maximum atomic E-state index is 12.2. The summed E-state index contributed by atoms with van der Waals surface area (Å²) in [4.78, 5) is 12.2. The molecule has 1 atom stereocenters. The van der Waals surface area contributed by atoms with E-state index in [0.717, 1.165) is 24.0 Å². The van der Waals surface area contributed by atoms with Crippen molar-refractivity contribution in [3.8, 4) is 0 Å². The molecule has 2 nitrogen and oxygen atoms in total. The maximum Gasteiger partial charge on any atom is 0.163 e. The molecule has 0 aliphatic heterocycles. The van der Waals surface area contributed by atoms with Gasteiger partial charge in [0.25, 0.3) is 0 Å². The molecule has 0 spiro atoms. The van der Waals surface area contributed by atoms with Crippen LogP contribution in [0.3, 0.4) is 0 Å². The van der Waals surface area contributed by atoms with Crippen molar-refractivity contribution in [1.82, 2.24) is 0 Å². The molecule has 102 valence electrons. The van der Waals surface area contributed by atoms with Gasteiger partial charge in [-0.25, -0.2) is 0 Å². The minimum absolute atomic E-state index is 0.134. The highest BCUT2D eigenvalue weighted by atomic mass is 35.5. The lowest BCUT2D eigenvalue weighted by atomic mass is 9.84. The number of carbonyl (C=O) groups is 1. The minimum Gasteiger partial charge on any atom is -0.384 e. The Hall–Kier alpha value is -1.64. The smallest absolute Gasteiger partial charge is 0.163 e. The third-order valence-corrected chi connectivity index (χ3v) is 4.04. The summed E-state index contributed by atoms with van der Waals surface area (Å²) in [6.07, 6.45) is 1.58. The second kappa shape index (κ2) is 5.39. The van der Waals surface area contributed by atoms with Crippen LogP contribution in [0.5, 0.6) is 0 Å². The van der Waals surface area contributed by atoms with E-state index in [0.29, 0.717) is 22.6 Å². The molecule has 0 radical (unpaired) electrons. The van der Waals surface area contributed by atoms with E-state index in [-0.39, 0.29) is 5.78 Å². The first-order chi connectivity index (χ1) is 9.66. The number of rotatable bonds is 2. The van der Waals surface area contributed by atoms with Crippen molar-refractivity contribution < 1.29 is 9.90 Å². The zero-order valence-electron chi connectivity index (χ0n) is 11.0. The number of Topliss-reactive ketones (excluding diaryl/α,β-unsaturated/α-hetero) is 1. The molecule has 2 aromatic rings. The highest BCUT2D eigenvalue weighted by Crippen LogP contribution is 2.31. The molecule has 0 aromatic heterocycles. The van der Waals surface area contributed by atoms with E-state index >= 15 is 0 Å². The summed E-state index contributed by atoms with van der Waals surface area (Å²) >= 11 is 5.87. The Morgan fingerprint density at radius 2 is 1.80 bits per heavy atom. The number of aliphatic hydroxyl groups excluding tert-OH is 1. The lowest BCUT2D eigenvalue weighted by Crippen LogP contribution is -2.16. The van der Waals surface area contributed by atoms with E-state index in [1.54, 1.807) is 24.3 Å². The number of ketones is 1. The lowest BCUT2D eigenvalue weighted by Gasteiger charge is -2.21. The van der Waals surface area contributed by atoms with Gasteiger partial charge in [-0.2, -0.15) is 0 Å². The SMILES string of the molecule is O=C1CCCc2cccc(C(O)c3ccc(Cl)cc3)c21. The Morgan fingerprint density at radius 3 is 2.55 bits per heavy atom. The van der Waals surface area contributed by atoms with Crippen LogP contribution in [-0.2, 0) is 6.42 Å². The van der Waals surface area contributed by atoms with Crippen LogP contribution in [0.1, 0.15) is 46.0 Å². The number of aliphatic hydroxyl groups is 1. The van der Waals surface area contributed by atoms with Crippen LogP contribution in [0.15, 0.2) is 42.5 Å². The number of hydrogen-bond donors (Lipinski definition) is 1. The summed E-state index contributed by atoms with van der Waals surface area (Å²) in [6, 6.07) is 12.8. The summed E-state index contributed by atoms with van der Waals surface area (Å²) in [5.74, 6) is 0.134. The monoisotopic (exact) mass is 286 g/mol. The number of halogens is 1. The Bertz CT molecular complexity index is 647. The standard InChI is InChI=1S/C17H15ClO2/c18-13-9-7-12(8-10-13)17(20)14-5-1-3-11-4-2-6-15(19)16(11)14/h1,3,5,7-10,17,20H,2,4,6H2. The van der Waals surface area contributed by atoms with Crippen molar-refractivity contribution in [2.75, 3.05) is 0 Å². The predicted octanol–water partition coefficient (Wildman–Crippen LogP) is 3.94. The third-order valence-electron chi connectivity index (χ3n) is 3.79. The number of benzene rings is 2. The van der Waals surface area contributed by atoms with Gasteiger partial charge in [-0.15, -0.1) is 0 Å². The van der Waals surface area contributed by atoms with Crippen LogP contribution in [0, 0.1) is 0 Å². The second-order valence-corrected chi connectivity index (χ2v) is 5.55. The maximum absolute atomic E-state index is 12.2. The molecule has 0 heterocycles. The van der Waals surface area contributed by atoms with Crippen LogP contribution in [-0.4, -0.2) is 10.9 Å². The van der Waals surface area contributed by atoms with Gasteiger partial charge in [-0.05, 0) is 41.7 Å². The summed E-state index contributed by atoms with van der Waals surface area (Å²) < 4.78 is 0. The van der Waals surface area contributed by atoms with Crippen LogP contribution in [0.4, 0.5) is 0 Å². The largest absolute Gasteiger partial charge is 0.384 e. The van der Waals surface area contributed by atoms with Gasteiger partial charge in [0.1, 0.15) is 6.10 Å². The fourth-order valence-electron chi connectivity index (χ4n) is 2.79. The molecule has 3 rings (SSSR count). The summed E-state index contributed by atoms with van der Waals surface area (Å²) in [7, 11) is 0. The second-order valence-electron chi connectivity index (χ2n) is 5.11. The zero-order chi connectivity index (χ0) is 14.1. The van der Waals surface area contributed by atoms with Gasteiger partial charge in [-0.3, -0.25) is 4.79 Å². The van der Waals surface area contributed by atoms with Crippen LogP contribution in [0.2, 0.25) is 5.02 Å². The zero-order valence-corrected chi connectivity index (χ0v) is 11.7. The van der Waals surface area contributed by atoms with Crippen molar-refractivity contribution in [2.24, 2.45) is 0 Å². The number of fused-ring (bicyclic) bond motifs is 1. The Labute approximate surface area is 123 Å². The van der Waals surface area contributed by atoms with Gasteiger partial charge in [0, 0.05) is 17.0 Å². The fourth-order valence-corrected chi connectivity index (χ4v) is 2.91. The summed E-state index contributed by atoms with van der Waals surface area (Å²) in [5, 5.41) is 11.2. The number of aryl methyl sites for hydroxylation is 1. The topological polar surface area (TPSA) is 37.3 Å². The highest BCUT2D eigenvalue weighted by Gasteiger charge is 2.24. The van der Waals surface area contributed by atoms with Crippen molar-refractivity contribution in [1.29, 1.82) is 0 Å². The molecule has 1 aliphatic carbocycles. The molecule has 0 saturated heterocycles. The Balaban J connectivity index is 2.06. The minimum atomic E-state index is -0.788. The van der Waals surface area contributed by atoms with Crippen molar-refractivity contribution >= 4 is 17.4 Å². The molecule has 0 amide bonds. The summed E-state index contributed by atoms with van der Waals surface area (Å²) in [6.45, 7) is 0. The fraction of sp³-hybridized carbons (Fsp3) is 0.235. The van der Waals surface area contributed by atoms with E-state index in [1.807, 2.05) is 18.2 Å². The van der Waals surface area contributed by atoms with E-state index < -0.39 is 6.10 Å².